The van der Waals surface area contributed by atoms with E-state index in [2.05, 4.69) is 80.7 Å². The van der Waals surface area contributed by atoms with Gasteiger partial charge in [-0.05, 0) is 60.9 Å². The molecule has 0 aliphatic rings. The van der Waals surface area contributed by atoms with E-state index >= 15 is 0 Å². The monoisotopic (exact) mass is 503 g/mol. The van der Waals surface area contributed by atoms with Gasteiger partial charge in [0.1, 0.15) is 0 Å². The van der Waals surface area contributed by atoms with Gasteiger partial charge in [0.2, 0.25) is 5.91 Å². The number of unbranched alkanes of at least 4 members (excludes halogenated alkanes) is 12. The van der Waals surface area contributed by atoms with Crippen LogP contribution in [0.1, 0.15) is 131 Å². The molecule has 0 saturated heterocycles. The van der Waals surface area contributed by atoms with Gasteiger partial charge in [-0.1, -0.05) is 139 Å². The highest BCUT2D eigenvalue weighted by Gasteiger charge is 2.02. The molecule has 1 N–H and O–H groups in total. The van der Waals surface area contributed by atoms with Crippen molar-refractivity contribution in [1.29, 1.82) is 0 Å². The summed E-state index contributed by atoms with van der Waals surface area (Å²) in [7, 11) is 0. The zero-order chi connectivity index (χ0) is 26.6. The van der Waals surface area contributed by atoms with Gasteiger partial charge in [0.15, 0.2) is 0 Å². The molecule has 204 valence electrons. The second-order valence-corrected chi connectivity index (χ2v) is 10.8. The van der Waals surface area contributed by atoms with Gasteiger partial charge >= 0.3 is 0 Å². The van der Waals surface area contributed by atoms with Crippen molar-refractivity contribution in [3.63, 3.8) is 0 Å². The molecule has 0 aromatic heterocycles. The molecule has 1 amide bonds. The summed E-state index contributed by atoms with van der Waals surface area (Å²) in [6.07, 6.45) is 24.5. The standard InChI is InChI=1S/C35H53NO/c1-4-5-6-7-8-9-10-11-12-13-14-15-16-25-35(37)36-28-19-24-32-22-18-23-33(29-32)26-27-34-30(2)20-17-21-31(34)3/h17-18,20-23,26-27,29H,4-16,19,24-25,28H2,1-3H3,(H,36,37). The van der Waals surface area contributed by atoms with Crippen molar-refractivity contribution in [2.24, 2.45) is 0 Å². The molecule has 0 heterocycles. The molecule has 0 fully saturated rings. The van der Waals surface area contributed by atoms with Gasteiger partial charge in [0, 0.05) is 13.0 Å². The lowest BCUT2D eigenvalue weighted by Crippen LogP contribution is -2.24. The van der Waals surface area contributed by atoms with E-state index in [1.807, 2.05) is 0 Å². The molecule has 2 rings (SSSR count). The normalized spacial score (nSPS) is 11.3. The Bertz CT molecular complexity index is 893. The predicted molar refractivity (Wildman–Crippen MR) is 163 cm³/mol. The van der Waals surface area contributed by atoms with Gasteiger partial charge in [-0.2, -0.15) is 0 Å². The van der Waals surface area contributed by atoms with E-state index in [0.29, 0.717) is 6.42 Å². The van der Waals surface area contributed by atoms with Gasteiger partial charge in [-0.15, -0.1) is 0 Å². The lowest BCUT2D eigenvalue weighted by Gasteiger charge is -2.07. The lowest BCUT2D eigenvalue weighted by molar-refractivity contribution is -0.121. The summed E-state index contributed by atoms with van der Waals surface area (Å²) in [4.78, 5) is 12.2. The van der Waals surface area contributed by atoms with Crippen molar-refractivity contribution >= 4 is 18.1 Å². The van der Waals surface area contributed by atoms with Crippen LogP contribution in [0.2, 0.25) is 0 Å². The number of aryl methyl sites for hydroxylation is 3. The van der Waals surface area contributed by atoms with Crippen LogP contribution in [0.5, 0.6) is 0 Å². The van der Waals surface area contributed by atoms with Crippen molar-refractivity contribution in [3.8, 4) is 0 Å². The first-order valence-electron chi connectivity index (χ1n) is 15.2. The summed E-state index contributed by atoms with van der Waals surface area (Å²) in [5.74, 6) is 0.216. The first-order chi connectivity index (χ1) is 18.1. The molecular formula is C35H53NO. The number of rotatable bonds is 20. The number of carbonyl (C=O) groups is 1. The van der Waals surface area contributed by atoms with Crippen molar-refractivity contribution in [2.45, 2.75) is 124 Å². The number of hydrogen-bond acceptors (Lipinski definition) is 1. The molecule has 0 radical (unpaired) electrons. The van der Waals surface area contributed by atoms with E-state index in [1.165, 1.54) is 105 Å². The topological polar surface area (TPSA) is 29.1 Å². The van der Waals surface area contributed by atoms with Crippen molar-refractivity contribution in [3.05, 3.63) is 70.3 Å². The number of nitrogens with one attached hydrogen (secondary N) is 1. The van der Waals surface area contributed by atoms with Crippen LogP contribution in [0.15, 0.2) is 42.5 Å². The van der Waals surface area contributed by atoms with Gasteiger partial charge < -0.3 is 5.32 Å². The van der Waals surface area contributed by atoms with Crippen molar-refractivity contribution < 1.29 is 4.79 Å². The first-order valence-corrected chi connectivity index (χ1v) is 15.2. The molecule has 0 aliphatic carbocycles. The minimum atomic E-state index is 0.216. The Morgan fingerprint density at radius 1 is 0.703 bits per heavy atom. The predicted octanol–water partition coefficient (Wildman–Crippen LogP) is 10.0. The molecule has 2 heteroatoms. The SMILES string of the molecule is CCCCCCCCCCCCCCCC(=O)NCCCc1cccc(C=Cc2c(C)cccc2C)c1. The molecule has 37 heavy (non-hydrogen) atoms. The molecule has 0 unspecified atom stereocenters. The van der Waals surface area contributed by atoms with Crippen LogP contribution in [0.3, 0.4) is 0 Å². The second kappa shape index (κ2) is 19.7. The Labute approximate surface area is 228 Å². The lowest BCUT2D eigenvalue weighted by atomic mass is 10.0. The van der Waals surface area contributed by atoms with Crippen molar-refractivity contribution in [2.75, 3.05) is 6.54 Å². The van der Waals surface area contributed by atoms with Gasteiger partial charge in [-0.25, -0.2) is 0 Å². The van der Waals surface area contributed by atoms with Crippen LogP contribution in [0.25, 0.3) is 12.2 Å². The van der Waals surface area contributed by atoms with E-state index < -0.39 is 0 Å². The fraction of sp³-hybridized carbons (Fsp3) is 0.571. The maximum absolute atomic E-state index is 12.2. The summed E-state index contributed by atoms with van der Waals surface area (Å²) in [6, 6.07) is 15.2. The summed E-state index contributed by atoms with van der Waals surface area (Å²) in [5.41, 5.74) is 6.48. The Morgan fingerprint density at radius 3 is 1.89 bits per heavy atom. The Hall–Kier alpha value is -2.35. The van der Waals surface area contributed by atoms with Crippen LogP contribution >= 0.6 is 0 Å². The fourth-order valence-corrected chi connectivity index (χ4v) is 5.03. The molecule has 2 aromatic rings. The number of hydrogen-bond donors (Lipinski definition) is 1. The average molecular weight is 504 g/mol. The Balaban J connectivity index is 1.49. The average Bonchev–Trinajstić information content (AvgIpc) is 2.89. The highest BCUT2D eigenvalue weighted by molar-refractivity contribution is 5.75. The van der Waals surface area contributed by atoms with E-state index in [9.17, 15) is 4.79 Å². The summed E-state index contributed by atoms with van der Waals surface area (Å²) < 4.78 is 0. The number of carbonyl (C=O) groups excluding carboxylic acids is 1. The van der Waals surface area contributed by atoms with Gasteiger partial charge in [-0.3, -0.25) is 4.79 Å². The highest BCUT2D eigenvalue weighted by Crippen LogP contribution is 2.18. The van der Waals surface area contributed by atoms with E-state index in [0.717, 1.165) is 25.8 Å². The Morgan fingerprint density at radius 2 is 1.27 bits per heavy atom. The minimum Gasteiger partial charge on any atom is -0.356 e. The maximum atomic E-state index is 12.2. The number of benzene rings is 2. The molecule has 0 saturated carbocycles. The molecule has 0 atom stereocenters. The van der Waals surface area contributed by atoms with E-state index in [4.69, 9.17) is 0 Å². The highest BCUT2D eigenvalue weighted by atomic mass is 16.1. The summed E-state index contributed by atoms with van der Waals surface area (Å²) >= 11 is 0. The number of amides is 1. The summed E-state index contributed by atoms with van der Waals surface area (Å²) in [5, 5.41) is 3.12. The molecule has 0 bridgehead atoms. The fourth-order valence-electron chi connectivity index (χ4n) is 5.03. The van der Waals surface area contributed by atoms with Gasteiger partial charge in [0.25, 0.3) is 0 Å². The van der Waals surface area contributed by atoms with E-state index in [-0.39, 0.29) is 5.91 Å². The first kappa shape index (κ1) is 30.9. The third kappa shape index (κ3) is 14.2. The Kier molecular flexibility index (Phi) is 16.5. The van der Waals surface area contributed by atoms with Gasteiger partial charge in [0.05, 0.1) is 0 Å². The zero-order valence-corrected chi connectivity index (χ0v) is 24.1. The van der Waals surface area contributed by atoms with Crippen LogP contribution in [0, 0.1) is 13.8 Å². The largest absolute Gasteiger partial charge is 0.356 e. The molecular weight excluding hydrogens is 450 g/mol. The van der Waals surface area contributed by atoms with Crippen molar-refractivity contribution in [1.82, 2.24) is 5.32 Å². The smallest absolute Gasteiger partial charge is 0.219 e. The second-order valence-electron chi connectivity index (χ2n) is 10.8. The third-order valence-corrected chi connectivity index (χ3v) is 7.41. The van der Waals surface area contributed by atoms with Crippen LogP contribution in [-0.2, 0) is 11.2 Å². The minimum absolute atomic E-state index is 0.216. The van der Waals surface area contributed by atoms with Crippen LogP contribution < -0.4 is 5.32 Å². The molecule has 2 nitrogen and oxygen atoms in total. The van der Waals surface area contributed by atoms with Crippen LogP contribution in [0.4, 0.5) is 0 Å². The van der Waals surface area contributed by atoms with E-state index in [1.54, 1.807) is 0 Å². The third-order valence-electron chi connectivity index (χ3n) is 7.41. The zero-order valence-electron chi connectivity index (χ0n) is 24.1. The molecule has 0 spiro atoms. The maximum Gasteiger partial charge on any atom is 0.219 e. The molecule has 2 aromatic carbocycles. The summed E-state index contributed by atoms with van der Waals surface area (Å²) in [6.45, 7) is 7.37. The molecule has 0 aliphatic heterocycles. The van der Waals surface area contributed by atoms with Crippen LogP contribution in [-0.4, -0.2) is 12.5 Å². The quantitative estimate of drug-likeness (QED) is 0.141.